The fraction of sp³-hybridized carbons (Fsp3) is 0.474. The van der Waals surface area contributed by atoms with Crippen molar-refractivity contribution in [3.63, 3.8) is 0 Å². The van der Waals surface area contributed by atoms with E-state index in [1.165, 1.54) is 31.0 Å². The summed E-state index contributed by atoms with van der Waals surface area (Å²) in [7, 11) is 0. The number of nitrogens with zero attached hydrogens (tertiary/aromatic N) is 2. The molecule has 0 aliphatic carbocycles. The van der Waals surface area contributed by atoms with Gasteiger partial charge in [0, 0.05) is 13.1 Å². The number of aliphatic imine (C=N–C) groups is 1. The Labute approximate surface area is 148 Å². The van der Waals surface area contributed by atoms with Gasteiger partial charge in [-0.1, -0.05) is 25.5 Å². The highest BCUT2D eigenvalue weighted by atomic mass is 32.2. The molecule has 0 N–H and O–H groups in total. The SMILES string of the molecule is CCCCOc1ccc(/C=C2/SC(N3CCCCC3)=NC2=O)cc1. The summed E-state index contributed by atoms with van der Waals surface area (Å²) in [6, 6.07) is 7.89. The Kier molecular flexibility index (Phi) is 5.96. The molecule has 3 rings (SSSR count). The zero-order chi connectivity index (χ0) is 16.8. The van der Waals surface area contributed by atoms with Gasteiger partial charge in [0.15, 0.2) is 5.17 Å². The first-order valence-corrected chi connectivity index (χ1v) is 9.58. The van der Waals surface area contributed by atoms with Crippen molar-refractivity contribution in [2.45, 2.75) is 39.0 Å². The smallest absolute Gasteiger partial charge is 0.286 e. The Balaban J connectivity index is 1.61. The molecule has 0 spiro atoms. The predicted octanol–water partition coefficient (Wildman–Crippen LogP) is 4.32. The number of hydrogen-bond acceptors (Lipinski definition) is 4. The fourth-order valence-electron chi connectivity index (χ4n) is 2.76. The van der Waals surface area contributed by atoms with E-state index < -0.39 is 0 Å². The van der Waals surface area contributed by atoms with Gasteiger partial charge in [-0.05, 0) is 61.2 Å². The Morgan fingerprint density at radius 1 is 1.21 bits per heavy atom. The average molecular weight is 344 g/mol. The van der Waals surface area contributed by atoms with E-state index in [-0.39, 0.29) is 5.91 Å². The van der Waals surface area contributed by atoms with Crippen LogP contribution in [-0.2, 0) is 4.79 Å². The molecule has 128 valence electrons. The Morgan fingerprint density at radius 3 is 2.67 bits per heavy atom. The number of rotatable bonds is 5. The number of piperidine rings is 1. The van der Waals surface area contributed by atoms with Gasteiger partial charge in [0.1, 0.15) is 5.75 Å². The van der Waals surface area contributed by atoms with Crippen LogP contribution in [0.2, 0.25) is 0 Å². The predicted molar refractivity (Wildman–Crippen MR) is 100 cm³/mol. The molecule has 2 aliphatic heterocycles. The number of benzene rings is 1. The lowest BCUT2D eigenvalue weighted by Gasteiger charge is -2.27. The van der Waals surface area contributed by atoms with Crippen LogP contribution >= 0.6 is 11.8 Å². The molecule has 0 unspecified atom stereocenters. The first-order chi connectivity index (χ1) is 11.8. The molecule has 0 radical (unpaired) electrons. The van der Waals surface area contributed by atoms with Crippen molar-refractivity contribution in [1.82, 2.24) is 4.90 Å². The van der Waals surface area contributed by atoms with Crippen LogP contribution in [0.25, 0.3) is 6.08 Å². The summed E-state index contributed by atoms with van der Waals surface area (Å²) in [6.07, 6.45) is 7.76. The first-order valence-electron chi connectivity index (χ1n) is 8.76. The summed E-state index contributed by atoms with van der Waals surface area (Å²) in [5, 5.41) is 0.866. The molecular weight excluding hydrogens is 320 g/mol. The van der Waals surface area contributed by atoms with E-state index >= 15 is 0 Å². The number of likely N-dealkylation sites (tertiary alicyclic amines) is 1. The number of amidine groups is 1. The maximum absolute atomic E-state index is 12.1. The number of carbonyl (C=O) groups is 1. The molecule has 0 bridgehead atoms. The summed E-state index contributed by atoms with van der Waals surface area (Å²) in [6.45, 7) is 4.92. The minimum Gasteiger partial charge on any atom is -0.494 e. The van der Waals surface area contributed by atoms with Gasteiger partial charge in [-0.2, -0.15) is 4.99 Å². The number of hydrogen-bond donors (Lipinski definition) is 0. The molecule has 1 aromatic rings. The number of ether oxygens (including phenoxy) is 1. The van der Waals surface area contributed by atoms with Crippen LogP contribution in [0.5, 0.6) is 5.75 Å². The molecule has 1 aromatic carbocycles. The molecule has 1 fully saturated rings. The fourth-order valence-corrected chi connectivity index (χ4v) is 3.73. The van der Waals surface area contributed by atoms with Crippen LogP contribution in [0, 0.1) is 0 Å². The molecule has 0 aromatic heterocycles. The Hall–Kier alpha value is -1.75. The van der Waals surface area contributed by atoms with E-state index in [0.29, 0.717) is 4.91 Å². The lowest BCUT2D eigenvalue weighted by atomic mass is 10.1. The van der Waals surface area contributed by atoms with E-state index in [1.54, 1.807) is 0 Å². The topological polar surface area (TPSA) is 41.9 Å². The Morgan fingerprint density at radius 2 is 1.96 bits per heavy atom. The van der Waals surface area contributed by atoms with E-state index in [4.69, 9.17) is 4.74 Å². The van der Waals surface area contributed by atoms with Crippen molar-refractivity contribution in [1.29, 1.82) is 0 Å². The van der Waals surface area contributed by atoms with Gasteiger partial charge in [0.2, 0.25) is 0 Å². The molecule has 0 atom stereocenters. The van der Waals surface area contributed by atoms with Crippen LogP contribution in [-0.4, -0.2) is 35.7 Å². The van der Waals surface area contributed by atoms with Gasteiger partial charge < -0.3 is 9.64 Å². The maximum atomic E-state index is 12.1. The molecule has 1 amide bonds. The second-order valence-corrected chi connectivity index (χ2v) is 7.14. The van der Waals surface area contributed by atoms with Crippen molar-refractivity contribution in [3.8, 4) is 5.75 Å². The van der Waals surface area contributed by atoms with Gasteiger partial charge >= 0.3 is 0 Å². The zero-order valence-corrected chi connectivity index (χ0v) is 15.0. The third-order valence-electron chi connectivity index (χ3n) is 4.18. The molecule has 2 aliphatic rings. The molecule has 0 saturated carbocycles. The summed E-state index contributed by atoms with van der Waals surface area (Å²) < 4.78 is 5.67. The van der Waals surface area contributed by atoms with E-state index in [1.807, 2.05) is 30.3 Å². The lowest BCUT2D eigenvalue weighted by molar-refractivity contribution is -0.113. The van der Waals surface area contributed by atoms with Crippen LogP contribution in [0.4, 0.5) is 0 Å². The van der Waals surface area contributed by atoms with Crippen molar-refractivity contribution in [2.24, 2.45) is 4.99 Å². The summed E-state index contributed by atoms with van der Waals surface area (Å²) in [4.78, 5) is 19.3. The largest absolute Gasteiger partial charge is 0.494 e. The lowest BCUT2D eigenvalue weighted by Crippen LogP contribution is -2.33. The molecule has 4 nitrogen and oxygen atoms in total. The van der Waals surface area contributed by atoms with Gasteiger partial charge in [0.05, 0.1) is 11.5 Å². The number of amides is 1. The van der Waals surface area contributed by atoms with E-state index in [0.717, 1.165) is 49.0 Å². The van der Waals surface area contributed by atoms with E-state index in [2.05, 4.69) is 16.8 Å². The molecule has 1 saturated heterocycles. The number of unbranched alkanes of at least 4 members (excludes halogenated alkanes) is 1. The average Bonchev–Trinajstić information content (AvgIpc) is 2.98. The van der Waals surface area contributed by atoms with Gasteiger partial charge in [0.25, 0.3) is 5.91 Å². The van der Waals surface area contributed by atoms with Crippen molar-refractivity contribution >= 4 is 28.9 Å². The molecule has 2 heterocycles. The molecule has 5 heteroatoms. The number of carbonyl (C=O) groups excluding carboxylic acids is 1. The third kappa shape index (κ3) is 4.41. The van der Waals surface area contributed by atoms with Gasteiger partial charge in [-0.15, -0.1) is 0 Å². The highest BCUT2D eigenvalue weighted by Gasteiger charge is 2.26. The van der Waals surface area contributed by atoms with E-state index in [9.17, 15) is 4.79 Å². The van der Waals surface area contributed by atoms with Gasteiger partial charge in [-0.25, -0.2) is 0 Å². The monoisotopic (exact) mass is 344 g/mol. The quantitative estimate of drug-likeness (QED) is 0.589. The highest BCUT2D eigenvalue weighted by Crippen LogP contribution is 2.31. The standard InChI is InChI=1S/C19H24N2O2S/c1-2-3-13-23-16-9-7-15(8-10-16)14-17-18(22)20-19(24-17)21-11-5-4-6-12-21/h7-10,14H,2-6,11-13H2,1H3/b17-14+. The van der Waals surface area contributed by atoms with Crippen molar-refractivity contribution < 1.29 is 9.53 Å². The van der Waals surface area contributed by atoms with Crippen LogP contribution in [0.15, 0.2) is 34.2 Å². The minimum absolute atomic E-state index is 0.121. The van der Waals surface area contributed by atoms with Crippen molar-refractivity contribution in [2.75, 3.05) is 19.7 Å². The van der Waals surface area contributed by atoms with Crippen molar-refractivity contribution in [3.05, 3.63) is 34.7 Å². The van der Waals surface area contributed by atoms with Crippen LogP contribution in [0.1, 0.15) is 44.6 Å². The third-order valence-corrected chi connectivity index (χ3v) is 5.22. The summed E-state index contributed by atoms with van der Waals surface area (Å²) in [5.74, 6) is 0.755. The van der Waals surface area contributed by atoms with Gasteiger partial charge in [-0.3, -0.25) is 4.79 Å². The van der Waals surface area contributed by atoms with Crippen LogP contribution in [0.3, 0.4) is 0 Å². The molecular formula is C19H24N2O2S. The summed E-state index contributed by atoms with van der Waals surface area (Å²) >= 11 is 1.50. The second-order valence-electron chi connectivity index (χ2n) is 6.13. The number of thioether (sulfide) groups is 1. The first kappa shape index (κ1) is 17.1. The Bertz CT molecular complexity index is 631. The minimum atomic E-state index is -0.121. The maximum Gasteiger partial charge on any atom is 0.286 e. The zero-order valence-electron chi connectivity index (χ0n) is 14.2. The van der Waals surface area contributed by atoms with Crippen LogP contribution < -0.4 is 4.74 Å². The highest BCUT2D eigenvalue weighted by molar-refractivity contribution is 8.18. The summed E-state index contributed by atoms with van der Waals surface area (Å²) in [5.41, 5.74) is 1.00. The normalized spacial score (nSPS) is 19.7. The second kappa shape index (κ2) is 8.38. The molecule has 24 heavy (non-hydrogen) atoms.